The summed E-state index contributed by atoms with van der Waals surface area (Å²) in [5.74, 6) is -2.12. The van der Waals surface area contributed by atoms with Crippen LogP contribution >= 0.6 is 11.6 Å². The SMILES string of the molecule is COC(=O)c1nnn(-c2ccc(Cl)cc2C(=O)c2ccccc2F)c1CO. The Morgan fingerprint density at radius 1 is 1.22 bits per heavy atom. The Balaban J connectivity index is 2.19. The Hall–Kier alpha value is -3.10. The van der Waals surface area contributed by atoms with Crippen molar-refractivity contribution in [2.24, 2.45) is 0 Å². The number of halogens is 2. The highest BCUT2D eigenvalue weighted by Gasteiger charge is 2.24. The van der Waals surface area contributed by atoms with E-state index in [-0.39, 0.29) is 33.2 Å². The molecule has 1 heterocycles. The molecule has 0 saturated heterocycles. The molecule has 3 aromatic rings. The van der Waals surface area contributed by atoms with E-state index in [2.05, 4.69) is 15.0 Å². The summed E-state index contributed by atoms with van der Waals surface area (Å²) >= 11 is 6.01. The van der Waals surface area contributed by atoms with Crippen molar-refractivity contribution >= 4 is 23.4 Å². The highest BCUT2D eigenvalue weighted by atomic mass is 35.5. The fourth-order valence-corrected chi connectivity index (χ4v) is 2.73. The number of methoxy groups -OCH3 is 1. The van der Waals surface area contributed by atoms with Crippen molar-refractivity contribution < 1.29 is 23.8 Å². The van der Waals surface area contributed by atoms with Crippen LogP contribution in [0.2, 0.25) is 5.02 Å². The predicted molar refractivity (Wildman–Crippen MR) is 93.5 cm³/mol. The van der Waals surface area contributed by atoms with Gasteiger partial charge in [0.2, 0.25) is 0 Å². The zero-order valence-corrected chi connectivity index (χ0v) is 14.8. The molecule has 0 amide bonds. The van der Waals surface area contributed by atoms with Crippen molar-refractivity contribution in [1.29, 1.82) is 0 Å². The number of nitrogens with zero attached hydrogens (tertiary/aromatic N) is 3. The number of rotatable bonds is 5. The summed E-state index contributed by atoms with van der Waals surface area (Å²) in [5, 5.41) is 17.4. The van der Waals surface area contributed by atoms with Gasteiger partial charge < -0.3 is 9.84 Å². The largest absolute Gasteiger partial charge is 0.464 e. The van der Waals surface area contributed by atoms with Gasteiger partial charge >= 0.3 is 5.97 Å². The van der Waals surface area contributed by atoms with Crippen LogP contribution in [0.25, 0.3) is 5.69 Å². The van der Waals surface area contributed by atoms with Gasteiger partial charge in [-0.15, -0.1) is 5.10 Å². The van der Waals surface area contributed by atoms with E-state index in [0.717, 1.165) is 11.8 Å². The number of hydrogen-bond donors (Lipinski definition) is 1. The van der Waals surface area contributed by atoms with Crippen molar-refractivity contribution in [3.63, 3.8) is 0 Å². The Labute approximate surface area is 158 Å². The third-order valence-corrected chi connectivity index (χ3v) is 4.08. The van der Waals surface area contributed by atoms with E-state index in [4.69, 9.17) is 11.6 Å². The summed E-state index contributed by atoms with van der Waals surface area (Å²) in [6, 6.07) is 9.82. The lowest BCUT2D eigenvalue weighted by atomic mass is 10.0. The quantitative estimate of drug-likeness (QED) is 0.532. The predicted octanol–water partition coefficient (Wildman–Crippen LogP) is 2.57. The molecule has 27 heavy (non-hydrogen) atoms. The molecule has 0 unspecified atom stereocenters. The van der Waals surface area contributed by atoms with Gasteiger partial charge in [0.05, 0.1) is 25.0 Å². The average Bonchev–Trinajstić information content (AvgIpc) is 3.11. The minimum atomic E-state index is -0.791. The van der Waals surface area contributed by atoms with Gasteiger partial charge in [-0.2, -0.15) is 0 Å². The number of ether oxygens (including phenoxy) is 1. The van der Waals surface area contributed by atoms with E-state index >= 15 is 0 Å². The molecule has 3 rings (SSSR count). The van der Waals surface area contributed by atoms with Crippen molar-refractivity contribution in [2.75, 3.05) is 7.11 Å². The van der Waals surface area contributed by atoms with Crippen molar-refractivity contribution in [1.82, 2.24) is 15.0 Å². The molecule has 138 valence electrons. The number of hydrogen-bond acceptors (Lipinski definition) is 6. The molecule has 0 spiro atoms. The van der Waals surface area contributed by atoms with Crippen LogP contribution in [-0.2, 0) is 11.3 Å². The van der Waals surface area contributed by atoms with Gasteiger partial charge in [-0.1, -0.05) is 28.9 Å². The Morgan fingerprint density at radius 3 is 2.63 bits per heavy atom. The number of aliphatic hydroxyl groups excluding tert-OH is 1. The van der Waals surface area contributed by atoms with Gasteiger partial charge in [-0.3, -0.25) is 4.79 Å². The molecule has 0 bridgehead atoms. The smallest absolute Gasteiger partial charge is 0.360 e. The number of aliphatic hydroxyl groups is 1. The minimum absolute atomic E-state index is 0.0201. The molecular weight excluding hydrogens is 377 g/mol. The monoisotopic (exact) mass is 389 g/mol. The van der Waals surface area contributed by atoms with Gasteiger partial charge in [-0.25, -0.2) is 13.9 Å². The Bertz CT molecular complexity index is 1040. The first-order chi connectivity index (χ1) is 13.0. The fraction of sp³-hybridized carbons (Fsp3) is 0.111. The van der Waals surface area contributed by atoms with Crippen LogP contribution in [0.3, 0.4) is 0 Å². The number of carbonyl (C=O) groups excluding carboxylic acids is 2. The maximum absolute atomic E-state index is 14.1. The first kappa shape index (κ1) is 18.7. The van der Waals surface area contributed by atoms with E-state index in [1.807, 2.05) is 0 Å². The van der Waals surface area contributed by atoms with Crippen LogP contribution in [-0.4, -0.2) is 39.0 Å². The highest BCUT2D eigenvalue weighted by molar-refractivity contribution is 6.31. The van der Waals surface area contributed by atoms with Crippen LogP contribution in [0.1, 0.15) is 32.1 Å². The summed E-state index contributed by atoms with van der Waals surface area (Å²) < 4.78 is 19.8. The molecule has 0 fully saturated rings. The van der Waals surface area contributed by atoms with Gasteiger partial charge in [0.25, 0.3) is 0 Å². The van der Waals surface area contributed by atoms with Crippen molar-refractivity contribution in [3.05, 3.63) is 75.8 Å². The molecule has 1 aromatic heterocycles. The molecular formula is C18H13ClFN3O4. The van der Waals surface area contributed by atoms with Crippen molar-refractivity contribution in [2.45, 2.75) is 6.61 Å². The first-order valence-corrected chi connectivity index (χ1v) is 8.08. The normalized spacial score (nSPS) is 10.7. The fourth-order valence-electron chi connectivity index (χ4n) is 2.56. The van der Waals surface area contributed by atoms with Gasteiger partial charge in [0.15, 0.2) is 11.5 Å². The molecule has 0 aliphatic heterocycles. The number of ketones is 1. The summed E-state index contributed by atoms with van der Waals surface area (Å²) in [5.41, 5.74) is -0.117. The maximum Gasteiger partial charge on any atom is 0.360 e. The zero-order valence-electron chi connectivity index (χ0n) is 14.0. The van der Waals surface area contributed by atoms with Gasteiger partial charge in [-0.05, 0) is 30.3 Å². The van der Waals surface area contributed by atoms with Crippen LogP contribution in [0, 0.1) is 5.82 Å². The molecule has 0 saturated carbocycles. The minimum Gasteiger partial charge on any atom is -0.464 e. The average molecular weight is 390 g/mol. The number of carbonyl (C=O) groups is 2. The zero-order chi connectivity index (χ0) is 19.6. The molecule has 7 nitrogen and oxygen atoms in total. The Kier molecular flexibility index (Phi) is 5.29. The molecule has 0 atom stereocenters. The van der Waals surface area contributed by atoms with Crippen LogP contribution in [0.15, 0.2) is 42.5 Å². The lowest BCUT2D eigenvalue weighted by Gasteiger charge is -2.12. The standard InChI is InChI=1S/C18H13ClFN3O4/c1-27-18(26)16-15(9-24)23(22-21-16)14-7-6-10(19)8-12(14)17(25)11-4-2-3-5-13(11)20/h2-8,24H,9H2,1H3. The van der Waals surface area contributed by atoms with Crippen LogP contribution < -0.4 is 0 Å². The van der Waals surface area contributed by atoms with E-state index in [0.29, 0.717) is 0 Å². The molecule has 9 heteroatoms. The van der Waals surface area contributed by atoms with E-state index in [1.165, 1.54) is 42.5 Å². The molecule has 1 N–H and O–H groups in total. The number of benzene rings is 2. The van der Waals surface area contributed by atoms with Crippen LogP contribution in [0.4, 0.5) is 4.39 Å². The second kappa shape index (κ2) is 7.65. The lowest BCUT2D eigenvalue weighted by molar-refractivity contribution is 0.0590. The van der Waals surface area contributed by atoms with Gasteiger partial charge in [0, 0.05) is 10.6 Å². The molecule has 0 radical (unpaired) electrons. The van der Waals surface area contributed by atoms with E-state index < -0.39 is 24.2 Å². The molecule has 0 aliphatic rings. The second-order valence-electron chi connectivity index (χ2n) is 5.42. The summed E-state index contributed by atoms with van der Waals surface area (Å²) in [6.07, 6.45) is 0. The van der Waals surface area contributed by atoms with E-state index in [1.54, 1.807) is 0 Å². The summed E-state index contributed by atoms with van der Waals surface area (Å²) in [7, 11) is 1.16. The van der Waals surface area contributed by atoms with E-state index in [9.17, 15) is 19.1 Å². The topological polar surface area (TPSA) is 94.3 Å². The number of aromatic nitrogens is 3. The molecule has 0 aliphatic carbocycles. The summed E-state index contributed by atoms with van der Waals surface area (Å²) in [6.45, 7) is -0.590. The first-order valence-electron chi connectivity index (χ1n) is 7.70. The van der Waals surface area contributed by atoms with Gasteiger partial charge in [0.1, 0.15) is 11.5 Å². The molecule has 2 aromatic carbocycles. The van der Waals surface area contributed by atoms with Crippen molar-refractivity contribution in [3.8, 4) is 5.69 Å². The second-order valence-corrected chi connectivity index (χ2v) is 5.85. The summed E-state index contributed by atoms with van der Waals surface area (Å²) in [4.78, 5) is 24.7. The lowest BCUT2D eigenvalue weighted by Crippen LogP contribution is -2.13. The maximum atomic E-state index is 14.1. The third kappa shape index (κ3) is 3.44. The Morgan fingerprint density at radius 2 is 1.96 bits per heavy atom. The number of esters is 1. The van der Waals surface area contributed by atoms with Crippen LogP contribution in [0.5, 0.6) is 0 Å². The third-order valence-electron chi connectivity index (χ3n) is 3.84. The highest BCUT2D eigenvalue weighted by Crippen LogP contribution is 2.25.